The Morgan fingerprint density at radius 2 is 2.08 bits per heavy atom. The number of guanidine groups is 1. The summed E-state index contributed by atoms with van der Waals surface area (Å²) in [5, 5.41) is 3.41. The van der Waals surface area contributed by atoms with Crippen molar-refractivity contribution >= 4 is 5.96 Å². The van der Waals surface area contributed by atoms with Crippen molar-refractivity contribution in [3.63, 3.8) is 0 Å². The van der Waals surface area contributed by atoms with Gasteiger partial charge in [0.2, 0.25) is 0 Å². The van der Waals surface area contributed by atoms with Crippen molar-refractivity contribution in [1.82, 2.24) is 10.2 Å². The van der Waals surface area contributed by atoms with Crippen LogP contribution >= 0.6 is 0 Å². The summed E-state index contributed by atoms with van der Waals surface area (Å²) in [6.07, 6.45) is 5.45. The summed E-state index contributed by atoms with van der Waals surface area (Å²) in [5.41, 5.74) is 0. The molecule has 0 spiro atoms. The molecule has 0 aromatic carbocycles. The molecule has 3 nitrogen and oxygen atoms in total. The summed E-state index contributed by atoms with van der Waals surface area (Å²) in [6.45, 7) is 3.12. The van der Waals surface area contributed by atoms with Crippen molar-refractivity contribution in [2.45, 2.75) is 44.7 Å². The van der Waals surface area contributed by atoms with Gasteiger partial charge in [-0.2, -0.15) is 0 Å². The highest BCUT2D eigenvalue weighted by atomic mass is 15.3. The van der Waals surface area contributed by atoms with Crippen molar-refractivity contribution in [3.05, 3.63) is 0 Å². The molecular weight excluding hydrogens is 162 g/mol. The lowest BCUT2D eigenvalue weighted by molar-refractivity contribution is 0.361. The van der Waals surface area contributed by atoms with E-state index < -0.39 is 0 Å². The third kappa shape index (κ3) is 1.79. The lowest BCUT2D eigenvalue weighted by Crippen LogP contribution is -2.43. The van der Waals surface area contributed by atoms with Gasteiger partial charge in [0.05, 0.1) is 6.54 Å². The monoisotopic (exact) mass is 181 g/mol. The zero-order chi connectivity index (χ0) is 9.26. The molecule has 1 aliphatic heterocycles. The van der Waals surface area contributed by atoms with Crippen molar-refractivity contribution in [1.29, 1.82) is 0 Å². The minimum absolute atomic E-state index is 0.527. The molecule has 0 bridgehead atoms. The molecule has 0 saturated heterocycles. The fourth-order valence-corrected chi connectivity index (χ4v) is 2.21. The van der Waals surface area contributed by atoms with Crippen LogP contribution in [0.15, 0.2) is 4.99 Å². The van der Waals surface area contributed by atoms with Gasteiger partial charge in [-0.3, -0.25) is 4.99 Å². The van der Waals surface area contributed by atoms with Crippen LogP contribution < -0.4 is 5.32 Å². The molecule has 0 amide bonds. The van der Waals surface area contributed by atoms with Gasteiger partial charge in [-0.15, -0.1) is 0 Å². The smallest absolute Gasteiger partial charge is 0.194 e. The van der Waals surface area contributed by atoms with Gasteiger partial charge in [-0.1, -0.05) is 12.8 Å². The second-order valence-electron chi connectivity index (χ2n) is 4.26. The van der Waals surface area contributed by atoms with Crippen LogP contribution in [0.3, 0.4) is 0 Å². The van der Waals surface area contributed by atoms with Crippen LogP contribution in [0.1, 0.15) is 32.6 Å². The number of nitrogens with one attached hydrogen (secondary N) is 1. The first-order chi connectivity index (χ1) is 6.27. The van der Waals surface area contributed by atoms with Crippen LogP contribution in [0.25, 0.3) is 0 Å². The fraction of sp³-hybridized carbons (Fsp3) is 0.900. The van der Waals surface area contributed by atoms with Gasteiger partial charge in [-0.05, 0) is 19.8 Å². The van der Waals surface area contributed by atoms with Crippen molar-refractivity contribution in [2.24, 2.45) is 4.99 Å². The molecule has 1 fully saturated rings. The third-order valence-corrected chi connectivity index (χ3v) is 3.10. The van der Waals surface area contributed by atoms with Crippen LogP contribution in [0, 0.1) is 0 Å². The van der Waals surface area contributed by atoms with E-state index in [0.717, 1.165) is 18.5 Å². The highest BCUT2D eigenvalue weighted by Crippen LogP contribution is 2.22. The molecule has 3 heteroatoms. The maximum atomic E-state index is 4.49. The van der Waals surface area contributed by atoms with E-state index in [0.29, 0.717) is 6.04 Å². The predicted octanol–water partition coefficient (Wildman–Crippen LogP) is 1.21. The summed E-state index contributed by atoms with van der Waals surface area (Å²) in [7, 11) is 2.17. The Morgan fingerprint density at radius 3 is 2.62 bits per heavy atom. The molecule has 2 rings (SSSR count). The first kappa shape index (κ1) is 8.85. The second kappa shape index (κ2) is 3.56. The van der Waals surface area contributed by atoms with E-state index >= 15 is 0 Å². The highest BCUT2D eigenvalue weighted by Gasteiger charge is 2.24. The topological polar surface area (TPSA) is 27.6 Å². The Labute approximate surface area is 80.2 Å². The zero-order valence-electron chi connectivity index (χ0n) is 8.58. The average molecular weight is 181 g/mol. The number of aliphatic imine (C=N–C) groups is 1. The Balaban J connectivity index is 1.92. The van der Waals surface area contributed by atoms with Gasteiger partial charge < -0.3 is 10.2 Å². The Morgan fingerprint density at radius 1 is 1.38 bits per heavy atom. The van der Waals surface area contributed by atoms with E-state index in [2.05, 4.69) is 29.2 Å². The van der Waals surface area contributed by atoms with Crippen molar-refractivity contribution < 1.29 is 0 Å². The van der Waals surface area contributed by atoms with Crippen molar-refractivity contribution in [3.8, 4) is 0 Å². The summed E-state index contributed by atoms with van der Waals surface area (Å²) in [6, 6.07) is 1.26. The maximum Gasteiger partial charge on any atom is 0.194 e. The van der Waals surface area contributed by atoms with E-state index in [1.807, 2.05) is 0 Å². The van der Waals surface area contributed by atoms with E-state index in [1.165, 1.54) is 25.7 Å². The predicted molar refractivity (Wildman–Crippen MR) is 54.9 cm³/mol. The fourth-order valence-electron chi connectivity index (χ4n) is 2.21. The quantitative estimate of drug-likeness (QED) is 0.658. The first-order valence-corrected chi connectivity index (χ1v) is 5.31. The number of rotatable bonds is 1. The van der Waals surface area contributed by atoms with Gasteiger partial charge in [0.15, 0.2) is 5.96 Å². The first-order valence-electron chi connectivity index (χ1n) is 5.31. The lowest BCUT2D eigenvalue weighted by atomic mass is 10.2. The van der Waals surface area contributed by atoms with Gasteiger partial charge in [-0.25, -0.2) is 0 Å². The maximum absolute atomic E-state index is 4.49. The molecule has 2 aliphatic rings. The molecule has 0 radical (unpaired) electrons. The molecular formula is C10H19N3. The van der Waals surface area contributed by atoms with E-state index in [4.69, 9.17) is 0 Å². The summed E-state index contributed by atoms with van der Waals surface area (Å²) < 4.78 is 0. The number of hydrogen-bond donors (Lipinski definition) is 1. The Kier molecular flexibility index (Phi) is 2.42. The van der Waals surface area contributed by atoms with Crippen LogP contribution in [-0.2, 0) is 0 Å². The molecule has 1 atom stereocenters. The number of nitrogens with zero attached hydrogens (tertiary/aromatic N) is 2. The largest absolute Gasteiger partial charge is 0.352 e. The molecule has 1 unspecified atom stereocenters. The normalized spacial score (nSPS) is 28.8. The molecule has 0 aromatic rings. The summed E-state index contributed by atoms with van der Waals surface area (Å²) in [4.78, 5) is 6.82. The second-order valence-corrected chi connectivity index (χ2v) is 4.26. The molecule has 1 aliphatic carbocycles. The van der Waals surface area contributed by atoms with Crippen LogP contribution in [0.4, 0.5) is 0 Å². The highest BCUT2D eigenvalue weighted by molar-refractivity contribution is 5.81. The molecule has 1 N–H and O–H groups in total. The standard InChI is InChI=1S/C10H19N3/c1-8-7-11-10(12-8)13(2)9-5-3-4-6-9/h8-9H,3-7H2,1-2H3,(H,11,12). The molecule has 1 saturated carbocycles. The molecule has 74 valence electrons. The van der Waals surface area contributed by atoms with Gasteiger partial charge in [0, 0.05) is 19.1 Å². The van der Waals surface area contributed by atoms with Crippen LogP contribution in [0.5, 0.6) is 0 Å². The molecule has 0 aromatic heterocycles. The van der Waals surface area contributed by atoms with Gasteiger partial charge in [0.1, 0.15) is 0 Å². The van der Waals surface area contributed by atoms with E-state index in [9.17, 15) is 0 Å². The van der Waals surface area contributed by atoms with Crippen molar-refractivity contribution in [2.75, 3.05) is 13.6 Å². The van der Waals surface area contributed by atoms with Crippen LogP contribution in [-0.4, -0.2) is 36.5 Å². The molecule has 1 heterocycles. The van der Waals surface area contributed by atoms with E-state index in [-0.39, 0.29) is 0 Å². The summed E-state index contributed by atoms with van der Waals surface area (Å²) in [5.74, 6) is 1.11. The Hall–Kier alpha value is -0.730. The number of hydrogen-bond acceptors (Lipinski definition) is 3. The minimum atomic E-state index is 0.527. The summed E-state index contributed by atoms with van der Waals surface area (Å²) >= 11 is 0. The minimum Gasteiger partial charge on any atom is -0.352 e. The zero-order valence-corrected chi connectivity index (χ0v) is 8.58. The van der Waals surface area contributed by atoms with E-state index in [1.54, 1.807) is 0 Å². The lowest BCUT2D eigenvalue weighted by Gasteiger charge is -2.26. The SMILES string of the molecule is CC1CN=C(N(C)C2CCCC2)N1. The average Bonchev–Trinajstić information content (AvgIpc) is 2.72. The van der Waals surface area contributed by atoms with Gasteiger partial charge >= 0.3 is 0 Å². The Bertz CT molecular complexity index is 206. The third-order valence-electron chi connectivity index (χ3n) is 3.10. The molecule has 13 heavy (non-hydrogen) atoms. The van der Waals surface area contributed by atoms with Crippen LogP contribution in [0.2, 0.25) is 0 Å². The van der Waals surface area contributed by atoms with Gasteiger partial charge in [0.25, 0.3) is 0 Å².